The Bertz CT molecular complexity index is 763. The minimum absolute atomic E-state index is 0.0647. The molecule has 0 saturated carbocycles. The van der Waals surface area contributed by atoms with Crippen LogP contribution >= 0.6 is 23.8 Å². The highest BCUT2D eigenvalue weighted by atomic mass is 35.5. The van der Waals surface area contributed by atoms with Crippen molar-refractivity contribution in [2.45, 2.75) is 26.8 Å². The summed E-state index contributed by atoms with van der Waals surface area (Å²) in [6.07, 6.45) is 0. The molecule has 0 bridgehead atoms. The summed E-state index contributed by atoms with van der Waals surface area (Å²) < 4.78 is 4.96. The number of hydrogen-bond acceptors (Lipinski definition) is 3. The second-order valence-electron chi connectivity index (χ2n) is 5.65. The van der Waals surface area contributed by atoms with Gasteiger partial charge in [-0.3, -0.25) is 0 Å². The lowest BCUT2D eigenvalue weighted by Crippen LogP contribution is -2.30. The molecule has 6 heteroatoms. The van der Waals surface area contributed by atoms with Gasteiger partial charge in [-0.05, 0) is 56.8 Å². The normalized spacial score (nSPS) is 11.5. The van der Waals surface area contributed by atoms with Gasteiger partial charge in [-0.25, -0.2) is 4.79 Å². The Hall–Kier alpha value is -2.11. The minimum Gasteiger partial charge on any atom is -0.462 e. The number of carbonyl (C=O) groups excluding carboxylic acids is 1. The van der Waals surface area contributed by atoms with Gasteiger partial charge < -0.3 is 15.4 Å². The Kier molecular flexibility index (Phi) is 6.79. The first-order valence-corrected chi connectivity index (χ1v) is 8.80. The zero-order chi connectivity index (χ0) is 18.4. The van der Waals surface area contributed by atoms with Gasteiger partial charge in [0.2, 0.25) is 0 Å². The van der Waals surface area contributed by atoms with Crippen molar-refractivity contribution in [1.29, 1.82) is 0 Å². The lowest BCUT2D eigenvalue weighted by molar-refractivity contribution is 0.0526. The number of ether oxygens (including phenoxy) is 1. The van der Waals surface area contributed by atoms with Gasteiger partial charge >= 0.3 is 5.97 Å². The van der Waals surface area contributed by atoms with Crippen LogP contribution in [0.15, 0.2) is 42.5 Å². The number of carbonyl (C=O) groups is 1. The number of esters is 1. The lowest BCUT2D eigenvalue weighted by atomic mass is 10.1. The molecule has 0 fully saturated rings. The molecule has 0 aliphatic carbocycles. The Morgan fingerprint density at radius 3 is 2.52 bits per heavy atom. The summed E-state index contributed by atoms with van der Waals surface area (Å²) in [5.74, 6) is -0.437. The van der Waals surface area contributed by atoms with E-state index in [2.05, 4.69) is 41.8 Å². The third kappa shape index (κ3) is 5.44. The van der Waals surface area contributed by atoms with Crippen LogP contribution in [0.5, 0.6) is 0 Å². The molecule has 0 spiro atoms. The van der Waals surface area contributed by atoms with E-state index in [1.807, 2.05) is 6.92 Å². The van der Waals surface area contributed by atoms with Gasteiger partial charge in [0.15, 0.2) is 5.11 Å². The molecular formula is C19H21ClN2O2S. The Balaban J connectivity index is 1.99. The smallest absolute Gasteiger partial charge is 0.339 e. The summed E-state index contributed by atoms with van der Waals surface area (Å²) in [7, 11) is 0. The van der Waals surface area contributed by atoms with Crippen molar-refractivity contribution in [2.75, 3.05) is 11.9 Å². The number of anilines is 1. The molecule has 0 aromatic heterocycles. The molecule has 132 valence electrons. The molecule has 0 aliphatic rings. The Morgan fingerprint density at radius 1 is 1.24 bits per heavy atom. The molecule has 0 aliphatic heterocycles. The molecule has 4 nitrogen and oxygen atoms in total. The monoisotopic (exact) mass is 376 g/mol. The van der Waals surface area contributed by atoms with Crippen LogP contribution in [0.25, 0.3) is 0 Å². The summed E-state index contributed by atoms with van der Waals surface area (Å²) in [6, 6.07) is 13.3. The number of aryl methyl sites for hydroxylation is 1. The van der Waals surface area contributed by atoms with E-state index in [1.54, 1.807) is 25.1 Å². The van der Waals surface area contributed by atoms with Gasteiger partial charge in [0.25, 0.3) is 0 Å². The van der Waals surface area contributed by atoms with Crippen LogP contribution in [0.1, 0.15) is 41.4 Å². The summed E-state index contributed by atoms with van der Waals surface area (Å²) >= 11 is 11.5. The maximum Gasteiger partial charge on any atom is 0.339 e. The highest BCUT2D eigenvalue weighted by Crippen LogP contribution is 2.22. The predicted octanol–water partition coefficient (Wildman–Crippen LogP) is 4.87. The maximum absolute atomic E-state index is 11.8. The lowest BCUT2D eigenvalue weighted by Gasteiger charge is -2.18. The molecule has 0 unspecified atom stereocenters. The predicted molar refractivity (Wildman–Crippen MR) is 106 cm³/mol. The van der Waals surface area contributed by atoms with E-state index < -0.39 is 5.97 Å². The van der Waals surface area contributed by atoms with E-state index in [-0.39, 0.29) is 6.04 Å². The molecule has 2 rings (SSSR count). The molecule has 2 N–H and O–H groups in total. The maximum atomic E-state index is 11.8. The standard InChI is InChI=1S/C19H21ClN2O2S/c1-4-24-18(23)16-10-9-15(11-17(16)20)22-19(25)21-13(3)14-7-5-12(2)6-8-14/h5-11,13H,4H2,1-3H3,(H2,21,22,25)/t13-/m0/s1. The van der Waals surface area contributed by atoms with Gasteiger partial charge in [-0.2, -0.15) is 0 Å². The molecule has 0 heterocycles. The van der Waals surface area contributed by atoms with Gasteiger partial charge in [-0.1, -0.05) is 41.4 Å². The average Bonchev–Trinajstić information content (AvgIpc) is 2.55. The van der Waals surface area contributed by atoms with Crippen molar-refractivity contribution in [3.05, 3.63) is 64.2 Å². The molecule has 0 saturated heterocycles. The second-order valence-corrected chi connectivity index (χ2v) is 6.46. The quantitative estimate of drug-likeness (QED) is 0.575. The van der Waals surface area contributed by atoms with Crippen molar-refractivity contribution in [1.82, 2.24) is 5.32 Å². The van der Waals surface area contributed by atoms with Crippen LogP contribution in [-0.4, -0.2) is 17.7 Å². The number of hydrogen-bond donors (Lipinski definition) is 2. The van der Waals surface area contributed by atoms with Crippen LogP contribution in [0.2, 0.25) is 5.02 Å². The van der Waals surface area contributed by atoms with E-state index in [0.717, 1.165) is 5.56 Å². The fraction of sp³-hybridized carbons (Fsp3) is 0.263. The number of benzene rings is 2. The molecule has 2 aromatic carbocycles. The third-order valence-electron chi connectivity index (χ3n) is 3.65. The summed E-state index contributed by atoms with van der Waals surface area (Å²) in [6.45, 7) is 6.15. The summed E-state index contributed by atoms with van der Waals surface area (Å²) in [5, 5.41) is 7.10. The van der Waals surface area contributed by atoms with E-state index in [0.29, 0.717) is 28.0 Å². The van der Waals surface area contributed by atoms with Crippen molar-refractivity contribution >= 4 is 40.6 Å². The van der Waals surface area contributed by atoms with E-state index in [1.165, 1.54) is 5.56 Å². The first-order chi connectivity index (χ1) is 11.9. The van der Waals surface area contributed by atoms with Crippen LogP contribution in [0, 0.1) is 6.92 Å². The van der Waals surface area contributed by atoms with Crippen molar-refractivity contribution in [2.24, 2.45) is 0 Å². The summed E-state index contributed by atoms with van der Waals surface area (Å²) in [5.41, 5.74) is 3.39. The van der Waals surface area contributed by atoms with Gasteiger partial charge in [0, 0.05) is 5.69 Å². The molecule has 25 heavy (non-hydrogen) atoms. The fourth-order valence-corrected chi connectivity index (χ4v) is 2.82. The van der Waals surface area contributed by atoms with Crippen LogP contribution < -0.4 is 10.6 Å². The number of thiocarbonyl (C=S) groups is 1. The van der Waals surface area contributed by atoms with Gasteiger partial charge in [0.1, 0.15) is 0 Å². The zero-order valence-electron chi connectivity index (χ0n) is 14.4. The Morgan fingerprint density at radius 2 is 1.92 bits per heavy atom. The summed E-state index contributed by atoms with van der Waals surface area (Å²) in [4.78, 5) is 11.8. The van der Waals surface area contributed by atoms with Crippen molar-refractivity contribution in [3.8, 4) is 0 Å². The van der Waals surface area contributed by atoms with Crippen molar-refractivity contribution < 1.29 is 9.53 Å². The number of halogens is 1. The van der Waals surface area contributed by atoms with E-state index in [9.17, 15) is 4.79 Å². The molecule has 1 atom stereocenters. The molecule has 0 amide bonds. The van der Waals surface area contributed by atoms with E-state index in [4.69, 9.17) is 28.6 Å². The first kappa shape index (κ1) is 19.2. The topological polar surface area (TPSA) is 50.4 Å². The van der Waals surface area contributed by atoms with E-state index >= 15 is 0 Å². The fourth-order valence-electron chi connectivity index (χ4n) is 2.27. The van der Waals surface area contributed by atoms with Crippen LogP contribution in [0.3, 0.4) is 0 Å². The van der Waals surface area contributed by atoms with Crippen LogP contribution in [0.4, 0.5) is 5.69 Å². The second kappa shape index (κ2) is 8.83. The number of rotatable bonds is 5. The van der Waals surface area contributed by atoms with Gasteiger partial charge in [-0.15, -0.1) is 0 Å². The first-order valence-electron chi connectivity index (χ1n) is 8.01. The molecular weight excluding hydrogens is 356 g/mol. The molecule has 2 aromatic rings. The SMILES string of the molecule is CCOC(=O)c1ccc(NC(=S)N[C@@H](C)c2ccc(C)cc2)cc1Cl. The minimum atomic E-state index is -0.437. The Labute approximate surface area is 158 Å². The largest absolute Gasteiger partial charge is 0.462 e. The zero-order valence-corrected chi connectivity index (χ0v) is 16.0. The van der Waals surface area contributed by atoms with Crippen molar-refractivity contribution in [3.63, 3.8) is 0 Å². The molecule has 0 radical (unpaired) electrons. The van der Waals surface area contributed by atoms with Crippen LogP contribution in [-0.2, 0) is 4.74 Å². The average molecular weight is 377 g/mol. The highest BCUT2D eigenvalue weighted by Gasteiger charge is 2.13. The third-order valence-corrected chi connectivity index (χ3v) is 4.18. The van der Waals surface area contributed by atoms with Gasteiger partial charge in [0.05, 0.1) is 23.2 Å². The highest BCUT2D eigenvalue weighted by molar-refractivity contribution is 7.80. The number of nitrogens with one attached hydrogen (secondary N) is 2.